The number of thioether (sulfide) groups is 1. The Hall–Kier alpha value is -1.04. The topological polar surface area (TPSA) is 44.4 Å². The molecule has 0 aromatic heterocycles. The SMILES string of the molecule is O=C(NC1CC2CCC(C1)N2Cc1ccccc1)C1CSCN1. The van der Waals surface area contributed by atoms with Crippen molar-refractivity contribution in [1.29, 1.82) is 0 Å². The molecule has 0 spiro atoms. The van der Waals surface area contributed by atoms with Crippen molar-refractivity contribution in [2.24, 2.45) is 0 Å². The number of hydrogen-bond acceptors (Lipinski definition) is 4. The number of fused-ring (bicyclic) bond motifs is 2. The number of amides is 1. The first-order chi connectivity index (χ1) is 11.3. The normalized spacial score (nSPS) is 33.7. The summed E-state index contributed by atoms with van der Waals surface area (Å²) in [5, 5.41) is 6.57. The van der Waals surface area contributed by atoms with Gasteiger partial charge in [0.1, 0.15) is 0 Å². The number of rotatable bonds is 4. The van der Waals surface area contributed by atoms with Crippen LogP contribution in [-0.4, -0.2) is 46.6 Å². The monoisotopic (exact) mass is 331 g/mol. The molecule has 2 N–H and O–H groups in total. The Kier molecular flexibility index (Phi) is 4.60. The Bertz CT molecular complexity index is 532. The zero-order chi connectivity index (χ0) is 15.6. The van der Waals surface area contributed by atoms with E-state index in [1.807, 2.05) is 11.8 Å². The van der Waals surface area contributed by atoms with Crippen molar-refractivity contribution >= 4 is 17.7 Å². The first-order valence-corrected chi connectivity index (χ1v) is 9.86. The van der Waals surface area contributed by atoms with Crippen molar-refractivity contribution in [3.05, 3.63) is 35.9 Å². The molecule has 0 radical (unpaired) electrons. The first-order valence-electron chi connectivity index (χ1n) is 8.71. The smallest absolute Gasteiger partial charge is 0.238 e. The summed E-state index contributed by atoms with van der Waals surface area (Å²) in [5.74, 6) is 2.01. The van der Waals surface area contributed by atoms with Gasteiger partial charge in [-0.3, -0.25) is 15.0 Å². The number of nitrogens with one attached hydrogen (secondary N) is 2. The fourth-order valence-corrected chi connectivity index (χ4v) is 5.25. The number of nitrogens with zero attached hydrogens (tertiary/aromatic N) is 1. The van der Waals surface area contributed by atoms with Crippen LogP contribution in [0.15, 0.2) is 30.3 Å². The third kappa shape index (κ3) is 3.42. The molecule has 3 aliphatic heterocycles. The molecule has 3 unspecified atom stereocenters. The van der Waals surface area contributed by atoms with Gasteiger partial charge in [-0.25, -0.2) is 0 Å². The van der Waals surface area contributed by atoms with E-state index in [4.69, 9.17) is 0 Å². The summed E-state index contributed by atoms with van der Waals surface area (Å²) in [6.07, 6.45) is 4.77. The van der Waals surface area contributed by atoms with Gasteiger partial charge in [0.25, 0.3) is 0 Å². The van der Waals surface area contributed by atoms with Gasteiger partial charge in [0.2, 0.25) is 5.91 Å². The number of benzene rings is 1. The van der Waals surface area contributed by atoms with Gasteiger partial charge in [0.05, 0.1) is 6.04 Å². The average molecular weight is 331 g/mol. The highest BCUT2D eigenvalue weighted by Gasteiger charge is 2.41. The van der Waals surface area contributed by atoms with Crippen LogP contribution < -0.4 is 10.6 Å². The second kappa shape index (κ2) is 6.83. The summed E-state index contributed by atoms with van der Waals surface area (Å²) in [6.45, 7) is 1.05. The largest absolute Gasteiger partial charge is 0.352 e. The van der Waals surface area contributed by atoms with Gasteiger partial charge in [-0.2, -0.15) is 0 Å². The Morgan fingerprint density at radius 3 is 2.61 bits per heavy atom. The maximum Gasteiger partial charge on any atom is 0.238 e. The second-order valence-corrected chi connectivity index (χ2v) is 8.02. The van der Waals surface area contributed by atoms with Gasteiger partial charge in [-0.1, -0.05) is 30.3 Å². The quantitative estimate of drug-likeness (QED) is 0.885. The van der Waals surface area contributed by atoms with Crippen molar-refractivity contribution in [2.75, 3.05) is 11.6 Å². The van der Waals surface area contributed by atoms with Crippen molar-refractivity contribution < 1.29 is 4.79 Å². The molecule has 5 heteroatoms. The summed E-state index contributed by atoms with van der Waals surface area (Å²) in [5.41, 5.74) is 1.40. The lowest BCUT2D eigenvalue weighted by Crippen LogP contribution is -2.53. The molecule has 4 nitrogen and oxygen atoms in total. The summed E-state index contributed by atoms with van der Waals surface area (Å²) in [6, 6.07) is 12.4. The van der Waals surface area contributed by atoms with Crippen molar-refractivity contribution in [3.8, 4) is 0 Å². The zero-order valence-electron chi connectivity index (χ0n) is 13.4. The van der Waals surface area contributed by atoms with E-state index in [2.05, 4.69) is 45.9 Å². The van der Waals surface area contributed by atoms with Crippen LogP contribution in [0.4, 0.5) is 0 Å². The predicted molar refractivity (Wildman–Crippen MR) is 94.2 cm³/mol. The molecule has 4 rings (SSSR count). The number of hydrogen-bond donors (Lipinski definition) is 2. The van der Waals surface area contributed by atoms with Gasteiger partial charge in [-0.15, -0.1) is 11.8 Å². The van der Waals surface area contributed by atoms with E-state index < -0.39 is 0 Å². The third-order valence-corrected chi connectivity index (χ3v) is 6.41. The maximum atomic E-state index is 12.3. The van der Waals surface area contributed by atoms with Crippen LogP contribution in [0.1, 0.15) is 31.2 Å². The fourth-order valence-electron chi connectivity index (χ4n) is 4.31. The fraction of sp³-hybridized carbons (Fsp3) is 0.611. The van der Waals surface area contributed by atoms with E-state index >= 15 is 0 Å². The highest BCUT2D eigenvalue weighted by Crippen LogP contribution is 2.36. The Morgan fingerprint density at radius 1 is 1.22 bits per heavy atom. The molecule has 3 fully saturated rings. The number of piperidine rings is 1. The molecular formula is C18H25N3OS. The number of carbonyl (C=O) groups excluding carboxylic acids is 1. The van der Waals surface area contributed by atoms with E-state index in [0.717, 1.165) is 31.0 Å². The van der Waals surface area contributed by atoms with Crippen LogP contribution in [-0.2, 0) is 11.3 Å². The van der Waals surface area contributed by atoms with Crippen LogP contribution in [0.25, 0.3) is 0 Å². The Labute approximate surface area is 142 Å². The van der Waals surface area contributed by atoms with Crippen LogP contribution in [0, 0.1) is 0 Å². The lowest BCUT2D eigenvalue weighted by atomic mass is 9.96. The van der Waals surface area contributed by atoms with E-state index in [-0.39, 0.29) is 11.9 Å². The van der Waals surface area contributed by atoms with Crippen LogP contribution in [0.2, 0.25) is 0 Å². The summed E-state index contributed by atoms with van der Waals surface area (Å²) < 4.78 is 0. The van der Waals surface area contributed by atoms with E-state index in [1.165, 1.54) is 18.4 Å². The minimum Gasteiger partial charge on any atom is -0.352 e. The Balaban J connectivity index is 1.35. The molecule has 3 heterocycles. The molecule has 3 saturated heterocycles. The molecule has 0 aliphatic carbocycles. The first kappa shape index (κ1) is 15.5. The number of carbonyl (C=O) groups is 1. The molecule has 3 aliphatic rings. The summed E-state index contributed by atoms with van der Waals surface area (Å²) in [4.78, 5) is 15.0. The summed E-state index contributed by atoms with van der Waals surface area (Å²) >= 11 is 1.81. The van der Waals surface area contributed by atoms with E-state index in [0.29, 0.717) is 18.1 Å². The zero-order valence-corrected chi connectivity index (χ0v) is 14.2. The molecule has 23 heavy (non-hydrogen) atoms. The van der Waals surface area contributed by atoms with Crippen molar-refractivity contribution in [3.63, 3.8) is 0 Å². The minimum absolute atomic E-state index is 0.0139. The van der Waals surface area contributed by atoms with Gasteiger partial charge in [0, 0.05) is 36.3 Å². The molecule has 2 bridgehead atoms. The lowest BCUT2D eigenvalue weighted by molar-refractivity contribution is -0.123. The Morgan fingerprint density at radius 2 is 1.96 bits per heavy atom. The molecule has 0 saturated carbocycles. The van der Waals surface area contributed by atoms with E-state index in [1.54, 1.807) is 0 Å². The third-order valence-electron chi connectivity index (χ3n) is 5.47. The van der Waals surface area contributed by atoms with Gasteiger partial charge < -0.3 is 5.32 Å². The molecular weight excluding hydrogens is 306 g/mol. The van der Waals surface area contributed by atoms with Crippen LogP contribution in [0.5, 0.6) is 0 Å². The predicted octanol–water partition coefficient (Wildman–Crippen LogP) is 1.96. The standard InChI is InChI=1S/C18H25N3OS/c22-18(17-11-23-12-19-17)20-14-8-15-6-7-16(9-14)21(15)10-13-4-2-1-3-5-13/h1-5,14-17,19H,6-12H2,(H,20,22). The molecule has 3 atom stereocenters. The minimum atomic E-state index is 0.0139. The van der Waals surface area contributed by atoms with Crippen molar-refractivity contribution in [1.82, 2.24) is 15.5 Å². The maximum absolute atomic E-state index is 12.3. The van der Waals surface area contributed by atoms with Gasteiger partial charge >= 0.3 is 0 Å². The van der Waals surface area contributed by atoms with Gasteiger partial charge in [-0.05, 0) is 31.2 Å². The van der Waals surface area contributed by atoms with Crippen molar-refractivity contribution in [2.45, 2.75) is 56.4 Å². The second-order valence-electron chi connectivity index (χ2n) is 6.99. The lowest BCUT2D eigenvalue weighted by Gasteiger charge is -2.39. The van der Waals surface area contributed by atoms with Gasteiger partial charge in [0.15, 0.2) is 0 Å². The molecule has 1 aromatic rings. The highest BCUT2D eigenvalue weighted by atomic mass is 32.2. The molecule has 1 amide bonds. The highest BCUT2D eigenvalue weighted by molar-refractivity contribution is 7.99. The van der Waals surface area contributed by atoms with Crippen LogP contribution >= 0.6 is 11.8 Å². The molecule has 1 aromatic carbocycles. The van der Waals surface area contributed by atoms with E-state index in [9.17, 15) is 4.79 Å². The summed E-state index contributed by atoms with van der Waals surface area (Å²) in [7, 11) is 0. The van der Waals surface area contributed by atoms with Crippen LogP contribution in [0.3, 0.4) is 0 Å². The average Bonchev–Trinajstić information content (AvgIpc) is 3.17. The molecule has 124 valence electrons.